The molecule has 0 bridgehead atoms. The highest BCUT2D eigenvalue weighted by Gasteiger charge is 2.18. The van der Waals surface area contributed by atoms with Crippen LogP contribution in [0.4, 0.5) is 5.69 Å². The van der Waals surface area contributed by atoms with Gasteiger partial charge in [0.05, 0.1) is 12.8 Å². The lowest BCUT2D eigenvalue weighted by Crippen LogP contribution is -2.14. The number of hydrogen-bond acceptors (Lipinski definition) is 8. The van der Waals surface area contributed by atoms with Crippen molar-refractivity contribution in [2.45, 2.75) is 4.90 Å². The maximum Gasteiger partial charge on any atom is 0.263 e. The molecular formula is C18H13N7O3S. The zero-order chi connectivity index (χ0) is 20.4. The molecule has 0 aliphatic heterocycles. The third-order valence-corrected chi connectivity index (χ3v) is 5.27. The van der Waals surface area contributed by atoms with Crippen LogP contribution in [-0.4, -0.2) is 45.3 Å². The Hall–Kier alpha value is -4.04. The van der Waals surface area contributed by atoms with Crippen LogP contribution >= 0.6 is 0 Å². The number of methoxy groups -OCH3 is 1. The molecule has 0 aliphatic rings. The number of anilines is 1. The first kappa shape index (κ1) is 18.3. The molecule has 144 valence electrons. The number of nitrogens with zero attached hydrogens (tertiary/aromatic N) is 6. The first-order chi connectivity index (χ1) is 14.0. The fourth-order valence-corrected chi connectivity index (χ4v) is 3.58. The summed E-state index contributed by atoms with van der Waals surface area (Å²) in [6.45, 7) is 0. The minimum atomic E-state index is -3.89. The van der Waals surface area contributed by atoms with Gasteiger partial charge in [-0.25, -0.2) is 13.4 Å². The van der Waals surface area contributed by atoms with Gasteiger partial charge in [0.2, 0.25) is 11.7 Å². The Morgan fingerprint density at radius 2 is 2.07 bits per heavy atom. The summed E-state index contributed by atoms with van der Waals surface area (Å²) in [6, 6.07) is 7.92. The second-order valence-electron chi connectivity index (χ2n) is 5.73. The number of aromatic nitrogens is 6. The number of nitrogens with one attached hydrogen (secondary N) is 1. The van der Waals surface area contributed by atoms with Crippen LogP contribution in [0.5, 0.6) is 5.88 Å². The van der Waals surface area contributed by atoms with Crippen molar-refractivity contribution in [1.82, 2.24) is 29.8 Å². The van der Waals surface area contributed by atoms with Gasteiger partial charge in [0.15, 0.2) is 5.65 Å². The highest BCUT2D eigenvalue weighted by Crippen LogP contribution is 2.29. The summed E-state index contributed by atoms with van der Waals surface area (Å²) >= 11 is 0. The monoisotopic (exact) mass is 407 g/mol. The van der Waals surface area contributed by atoms with E-state index < -0.39 is 10.0 Å². The highest BCUT2D eigenvalue weighted by atomic mass is 32.2. The SMILES string of the molecule is C#Cc1nnc2ccc(-c3cnc(OC)c(NS(=O)(=O)c4cccnc4)c3)nn12. The van der Waals surface area contributed by atoms with E-state index >= 15 is 0 Å². The lowest BCUT2D eigenvalue weighted by atomic mass is 10.2. The average molecular weight is 407 g/mol. The van der Waals surface area contributed by atoms with Crippen molar-refractivity contribution in [2.24, 2.45) is 0 Å². The minimum Gasteiger partial charge on any atom is -0.480 e. The summed E-state index contributed by atoms with van der Waals surface area (Å²) < 4.78 is 34.4. The zero-order valence-electron chi connectivity index (χ0n) is 15.0. The second kappa shape index (κ2) is 7.17. The van der Waals surface area contributed by atoms with Crippen LogP contribution in [0.2, 0.25) is 0 Å². The first-order valence-corrected chi connectivity index (χ1v) is 9.66. The Morgan fingerprint density at radius 3 is 2.79 bits per heavy atom. The van der Waals surface area contributed by atoms with Gasteiger partial charge in [0.1, 0.15) is 10.6 Å². The van der Waals surface area contributed by atoms with Gasteiger partial charge in [-0.1, -0.05) is 0 Å². The molecule has 0 radical (unpaired) electrons. The molecule has 0 aromatic carbocycles. The summed E-state index contributed by atoms with van der Waals surface area (Å²) in [4.78, 5) is 8.02. The molecule has 1 N–H and O–H groups in total. The van der Waals surface area contributed by atoms with Crippen LogP contribution in [0, 0.1) is 12.3 Å². The summed E-state index contributed by atoms with van der Waals surface area (Å²) in [7, 11) is -2.49. The van der Waals surface area contributed by atoms with Gasteiger partial charge >= 0.3 is 0 Å². The quantitative estimate of drug-likeness (QED) is 0.492. The number of hydrogen-bond donors (Lipinski definition) is 1. The van der Waals surface area contributed by atoms with Gasteiger partial charge in [-0.05, 0) is 36.3 Å². The third-order valence-electron chi connectivity index (χ3n) is 3.92. The summed E-state index contributed by atoms with van der Waals surface area (Å²) in [5.41, 5.74) is 1.66. The molecular weight excluding hydrogens is 394 g/mol. The van der Waals surface area contributed by atoms with Crippen molar-refractivity contribution in [2.75, 3.05) is 11.8 Å². The van der Waals surface area contributed by atoms with Crippen molar-refractivity contribution >= 4 is 21.4 Å². The fraction of sp³-hybridized carbons (Fsp3) is 0.0556. The van der Waals surface area contributed by atoms with Crippen LogP contribution in [0.3, 0.4) is 0 Å². The number of rotatable bonds is 5. The van der Waals surface area contributed by atoms with E-state index in [1.807, 2.05) is 0 Å². The standard InChI is InChI=1S/C18H13N7O3S/c1-3-16-21-22-17-7-6-14(23-25(16)17)12-9-15(18(28-2)20-10-12)24-29(26,27)13-5-4-8-19-11-13/h1,4-11,24H,2H3. The van der Waals surface area contributed by atoms with Gasteiger partial charge in [-0.15, -0.1) is 16.6 Å². The molecule has 10 nitrogen and oxygen atoms in total. The molecule has 0 aliphatic carbocycles. The van der Waals surface area contributed by atoms with E-state index in [1.54, 1.807) is 18.2 Å². The van der Waals surface area contributed by atoms with Gasteiger partial charge in [-0.2, -0.15) is 9.61 Å². The minimum absolute atomic E-state index is 0.00940. The van der Waals surface area contributed by atoms with E-state index in [9.17, 15) is 8.42 Å². The van der Waals surface area contributed by atoms with Crippen LogP contribution in [0.1, 0.15) is 5.82 Å². The topological polar surface area (TPSA) is 124 Å². The molecule has 0 fully saturated rings. The molecule has 0 unspecified atom stereocenters. The summed E-state index contributed by atoms with van der Waals surface area (Å²) in [5.74, 6) is 2.76. The Kier molecular flexibility index (Phi) is 4.53. The maximum atomic E-state index is 12.6. The Bertz CT molecular complexity index is 1350. The number of ether oxygens (including phenoxy) is 1. The van der Waals surface area contributed by atoms with E-state index in [1.165, 1.54) is 42.3 Å². The average Bonchev–Trinajstić information content (AvgIpc) is 3.16. The molecule has 0 amide bonds. The van der Waals surface area contributed by atoms with Crippen molar-refractivity contribution in [1.29, 1.82) is 0 Å². The predicted octanol–water partition coefficient (Wildman–Crippen LogP) is 1.37. The summed E-state index contributed by atoms with van der Waals surface area (Å²) in [6.07, 6.45) is 9.65. The molecule has 0 atom stereocenters. The van der Waals surface area contributed by atoms with Gasteiger partial charge in [0.25, 0.3) is 10.0 Å². The molecule has 4 heterocycles. The van der Waals surface area contributed by atoms with Crippen molar-refractivity contribution in [3.05, 3.63) is 54.7 Å². The third kappa shape index (κ3) is 3.44. The van der Waals surface area contributed by atoms with Crippen LogP contribution in [0.25, 0.3) is 16.9 Å². The van der Waals surface area contributed by atoms with E-state index in [0.717, 1.165) is 0 Å². The van der Waals surface area contributed by atoms with Crippen molar-refractivity contribution < 1.29 is 13.2 Å². The van der Waals surface area contributed by atoms with E-state index in [2.05, 4.69) is 35.9 Å². The van der Waals surface area contributed by atoms with Crippen molar-refractivity contribution in [3.8, 4) is 29.5 Å². The number of pyridine rings is 2. The molecule has 29 heavy (non-hydrogen) atoms. The first-order valence-electron chi connectivity index (χ1n) is 8.18. The maximum absolute atomic E-state index is 12.6. The van der Waals surface area contributed by atoms with Gasteiger partial charge in [-0.3, -0.25) is 9.71 Å². The fourth-order valence-electron chi connectivity index (χ4n) is 2.57. The van der Waals surface area contributed by atoms with Crippen molar-refractivity contribution in [3.63, 3.8) is 0 Å². The van der Waals surface area contributed by atoms with E-state index in [-0.39, 0.29) is 22.3 Å². The normalized spacial score (nSPS) is 11.2. The lowest BCUT2D eigenvalue weighted by Gasteiger charge is -2.12. The lowest BCUT2D eigenvalue weighted by molar-refractivity contribution is 0.400. The number of fused-ring (bicyclic) bond motifs is 1. The smallest absolute Gasteiger partial charge is 0.263 e. The summed E-state index contributed by atoms with van der Waals surface area (Å²) in [5, 5.41) is 12.2. The molecule has 0 spiro atoms. The second-order valence-corrected chi connectivity index (χ2v) is 7.41. The molecule has 4 aromatic heterocycles. The Labute approximate surface area is 165 Å². The molecule has 4 rings (SSSR count). The Morgan fingerprint density at radius 1 is 1.21 bits per heavy atom. The molecule has 4 aromatic rings. The largest absolute Gasteiger partial charge is 0.480 e. The molecule has 0 saturated carbocycles. The van der Waals surface area contributed by atoms with Crippen LogP contribution in [-0.2, 0) is 10.0 Å². The highest BCUT2D eigenvalue weighted by molar-refractivity contribution is 7.92. The van der Waals surface area contributed by atoms with E-state index in [0.29, 0.717) is 16.9 Å². The predicted molar refractivity (Wildman–Crippen MR) is 104 cm³/mol. The Balaban J connectivity index is 1.77. The number of terminal acetylenes is 1. The zero-order valence-corrected chi connectivity index (χ0v) is 15.8. The molecule has 11 heteroatoms. The molecule has 0 saturated heterocycles. The van der Waals surface area contributed by atoms with Crippen LogP contribution < -0.4 is 9.46 Å². The number of sulfonamides is 1. The van der Waals surface area contributed by atoms with E-state index in [4.69, 9.17) is 11.2 Å². The van der Waals surface area contributed by atoms with Gasteiger partial charge in [0, 0.05) is 24.2 Å². The van der Waals surface area contributed by atoms with Gasteiger partial charge < -0.3 is 4.74 Å². The van der Waals surface area contributed by atoms with Crippen LogP contribution in [0.15, 0.2) is 53.8 Å².